The van der Waals surface area contributed by atoms with Crippen molar-refractivity contribution in [3.63, 3.8) is 0 Å². The van der Waals surface area contributed by atoms with E-state index in [1.54, 1.807) is 0 Å². The lowest BCUT2D eigenvalue weighted by Crippen LogP contribution is -2.52. The molecule has 0 bridgehead atoms. The van der Waals surface area contributed by atoms with Crippen LogP contribution in [-0.4, -0.2) is 56.9 Å². The summed E-state index contributed by atoms with van der Waals surface area (Å²) in [5, 5.41) is 3.50. The Morgan fingerprint density at radius 1 is 1.04 bits per heavy atom. The van der Waals surface area contributed by atoms with Crippen molar-refractivity contribution in [2.24, 2.45) is 11.3 Å². The molecule has 1 spiro atoms. The Kier molecular flexibility index (Phi) is 5.62. The fraction of sp³-hybridized carbons (Fsp3) is 0.750. The van der Waals surface area contributed by atoms with Gasteiger partial charge in [0.1, 0.15) is 5.75 Å². The highest BCUT2D eigenvalue weighted by molar-refractivity contribution is 5.36. The molecule has 0 amide bonds. The highest BCUT2D eigenvalue weighted by Crippen LogP contribution is 2.44. The van der Waals surface area contributed by atoms with Crippen molar-refractivity contribution in [2.45, 2.75) is 56.9 Å². The minimum atomic E-state index is 0.652. The van der Waals surface area contributed by atoms with Crippen LogP contribution in [0.1, 0.15) is 56.4 Å². The topological polar surface area (TPSA) is 33.7 Å². The summed E-state index contributed by atoms with van der Waals surface area (Å²) in [5.41, 5.74) is 2.10. The van der Waals surface area contributed by atoms with E-state index < -0.39 is 0 Å². The molecular formula is C24H36N2O2. The fourth-order valence-electron chi connectivity index (χ4n) is 5.93. The molecule has 1 atom stereocenters. The van der Waals surface area contributed by atoms with E-state index in [0.29, 0.717) is 17.3 Å². The zero-order valence-corrected chi connectivity index (χ0v) is 17.2. The van der Waals surface area contributed by atoms with Gasteiger partial charge in [0, 0.05) is 32.3 Å². The number of nitrogens with one attached hydrogen (secondary N) is 1. The first-order chi connectivity index (χ1) is 13.8. The third-order valence-corrected chi connectivity index (χ3v) is 7.90. The second kappa shape index (κ2) is 8.33. The summed E-state index contributed by atoms with van der Waals surface area (Å²) in [6.07, 6.45) is 9.11. The van der Waals surface area contributed by atoms with Crippen molar-refractivity contribution in [2.75, 3.05) is 46.0 Å². The Hall–Kier alpha value is -1.10. The first kappa shape index (κ1) is 18.9. The van der Waals surface area contributed by atoms with Crippen LogP contribution in [0.5, 0.6) is 5.75 Å². The van der Waals surface area contributed by atoms with Gasteiger partial charge in [0.05, 0.1) is 6.61 Å². The molecule has 1 aliphatic carbocycles. The molecule has 3 saturated heterocycles. The smallest absolute Gasteiger partial charge is 0.122 e. The van der Waals surface area contributed by atoms with Gasteiger partial charge in [-0.15, -0.1) is 0 Å². The maximum Gasteiger partial charge on any atom is 0.122 e. The normalized spacial score (nSPS) is 29.1. The van der Waals surface area contributed by atoms with Crippen LogP contribution < -0.4 is 10.1 Å². The predicted octanol–water partition coefficient (Wildman–Crippen LogP) is 3.81. The number of hydrogen-bond donors (Lipinski definition) is 1. The number of hydrogen-bond acceptors (Lipinski definition) is 4. The molecule has 0 unspecified atom stereocenters. The average molecular weight is 385 g/mol. The fourth-order valence-corrected chi connectivity index (χ4v) is 5.93. The zero-order chi connectivity index (χ0) is 18.8. The van der Waals surface area contributed by atoms with E-state index in [1.807, 2.05) is 0 Å². The maximum atomic E-state index is 6.33. The number of rotatable bonds is 5. The molecule has 4 nitrogen and oxygen atoms in total. The molecule has 1 saturated carbocycles. The molecule has 0 aromatic heterocycles. The minimum absolute atomic E-state index is 0.652. The van der Waals surface area contributed by atoms with E-state index in [2.05, 4.69) is 34.5 Å². The van der Waals surface area contributed by atoms with Crippen LogP contribution in [0, 0.1) is 11.3 Å². The lowest BCUT2D eigenvalue weighted by molar-refractivity contribution is 0.0494. The Morgan fingerprint density at radius 3 is 2.54 bits per heavy atom. The number of para-hydroxylation sites is 1. The van der Waals surface area contributed by atoms with Crippen molar-refractivity contribution in [1.29, 1.82) is 0 Å². The summed E-state index contributed by atoms with van der Waals surface area (Å²) in [6.45, 7) is 7.67. The van der Waals surface area contributed by atoms with Crippen LogP contribution in [0.4, 0.5) is 0 Å². The summed E-state index contributed by atoms with van der Waals surface area (Å²) in [7, 11) is 0. The Morgan fingerprint density at radius 2 is 1.82 bits per heavy atom. The quantitative estimate of drug-likeness (QED) is 0.837. The second-order valence-electron chi connectivity index (χ2n) is 9.71. The van der Waals surface area contributed by atoms with Gasteiger partial charge in [-0.2, -0.15) is 0 Å². The number of likely N-dealkylation sites (tertiary alicyclic amines) is 1. The molecule has 3 aliphatic heterocycles. The molecule has 1 N–H and O–H groups in total. The van der Waals surface area contributed by atoms with E-state index >= 15 is 0 Å². The molecule has 0 radical (unpaired) electrons. The molecule has 4 aliphatic rings. The lowest BCUT2D eigenvalue weighted by Gasteiger charge is -2.41. The van der Waals surface area contributed by atoms with E-state index in [9.17, 15) is 0 Å². The highest BCUT2D eigenvalue weighted by atomic mass is 16.5. The summed E-state index contributed by atoms with van der Waals surface area (Å²) in [5.74, 6) is 2.44. The van der Waals surface area contributed by atoms with Crippen LogP contribution >= 0.6 is 0 Å². The van der Waals surface area contributed by atoms with Gasteiger partial charge >= 0.3 is 0 Å². The third kappa shape index (κ3) is 3.96. The monoisotopic (exact) mass is 384 g/mol. The molecule has 4 fully saturated rings. The van der Waals surface area contributed by atoms with Gasteiger partial charge in [-0.1, -0.05) is 18.2 Å². The molecule has 1 aromatic carbocycles. The SMILES string of the molecule is c1ccc(C2CCN([C@@H]3CCC4(CNC4)C3)CC2)c(OCC2CCOCC2)c1. The molecular weight excluding hydrogens is 348 g/mol. The molecule has 4 heteroatoms. The molecule has 1 aromatic rings. The third-order valence-electron chi connectivity index (χ3n) is 7.90. The van der Waals surface area contributed by atoms with Crippen molar-refractivity contribution >= 4 is 0 Å². The van der Waals surface area contributed by atoms with E-state index in [4.69, 9.17) is 9.47 Å². The highest BCUT2D eigenvalue weighted by Gasteiger charge is 2.45. The Labute approximate surface area is 170 Å². The van der Waals surface area contributed by atoms with Crippen molar-refractivity contribution in [3.8, 4) is 5.75 Å². The number of ether oxygens (including phenoxy) is 2. The minimum Gasteiger partial charge on any atom is -0.493 e. The summed E-state index contributed by atoms with van der Waals surface area (Å²) < 4.78 is 11.8. The number of benzene rings is 1. The number of piperidine rings is 1. The van der Waals surface area contributed by atoms with Crippen LogP contribution in [0.25, 0.3) is 0 Å². The predicted molar refractivity (Wildman–Crippen MR) is 112 cm³/mol. The van der Waals surface area contributed by atoms with Gasteiger partial charge < -0.3 is 19.7 Å². The van der Waals surface area contributed by atoms with Crippen molar-refractivity contribution in [3.05, 3.63) is 29.8 Å². The standard InChI is InChI=1S/C24H36N2O2/c1-2-4-23(28-16-19-8-13-27-14-9-19)22(3-1)20-6-11-26(12-7-20)21-5-10-24(15-21)17-25-18-24/h1-4,19-21,25H,5-18H2/t21-/m1/s1. The first-order valence-corrected chi connectivity index (χ1v) is 11.6. The van der Waals surface area contributed by atoms with E-state index in [0.717, 1.165) is 44.5 Å². The average Bonchev–Trinajstić information content (AvgIpc) is 3.20. The second-order valence-corrected chi connectivity index (χ2v) is 9.71. The Bertz CT molecular complexity index is 646. The van der Waals surface area contributed by atoms with Gasteiger partial charge in [0.25, 0.3) is 0 Å². The van der Waals surface area contributed by atoms with E-state index in [1.165, 1.54) is 63.8 Å². The molecule has 3 heterocycles. The van der Waals surface area contributed by atoms with Crippen LogP contribution in [0.3, 0.4) is 0 Å². The molecule has 28 heavy (non-hydrogen) atoms. The van der Waals surface area contributed by atoms with Gasteiger partial charge in [-0.05, 0) is 86.9 Å². The summed E-state index contributed by atoms with van der Waals surface area (Å²) in [4.78, 5) is 2.80. The zero-order valence-electron chi connectivity index (χ0n) is 17.2. The molecule has 5 rings (SSSR count). The molecule has 154 valence electrons. The summed E-state index contributed by atoms with van der Waals surface area (Å²) in [6, 6.07) is 9.65. The van der Waals surface area contributed by atoms with Gasteiger partial charge in [-0.25, -0.2) is 0 Å². The van der Waals surface area contributed by atoms with Crippen molar-refractivity contribution in [1.82, 2.24) is 10.2 Å². The van der Waals surface area contributed by atoms with Crippen LogP contribution in [0.2, 0.25) is 0 Å². The van der Waals surface area contributed by atoms with Crippen LogP contribution in [0.15, 0.2) is 24.3 Å². The number of nitrogens with zero attached hydrogens (tertiary/aromatic N) is 1. The maximum absolute atomic E-state index is 6.33. The van der Waals surface area contributed by atoms with Gasteiger partial charge in [-0.3, -0.25) is 0 Å². The lowest BCUT2D eigenvalue weighted by atomic mass is 9.80. The Balaban J connectivity index is 1.16. The van der Waals surface area contributed by atoms with Crippen molar-refractivity contribution < 1.29 is 9.47 Å². The summed E-state index contributed by atoms with van der Waals surface area (Å²) >= 11 is 0. The van der Waals surface area contributed by atoms with Gasteiger partial charge in [0.2, 0.25) is 0 Å². The van der Waals surface area contributed by atoms with Gasteiger partial charge in [0.15, 0.2) is 0 Å². The largest absolute Gasteiger partial charge is 0.493 e. The van der Waals surface area contributed by atoms with E-state index in [-0.39, 0.29) is 0 Å². The van der Waals surface area contributed by atoms with Crippen LogP contribution in [-0.2, 0) is 4.74 Å². The first-order valence-electron chi connectivity index (χ1n) is 11.6.